The summed E-state index contributed by atoms with van der Waals surface area (Å²) in [4.78, 5) is 68.6. The number of likely N-dealkylation sites (tertiary alicyclic amines) is 4. The Hall–Kier alpha value is -8.21. The van der Waals surface area contributed by atoms with Crippen LogP contribution in [0.4, 0.5) is 54.3 Å². The number of aliphatic hydroxyl groups is 4. The number of amides is 4. The molecule has 137 heavy (non-hydrogen) atoms. The van der Waals surface area contributed by atoms with E-state index < -0.39 is 180 Å². The number of methoxy groups -OCH3 is 4. The molecule has 20 atom stereocenters. The summed E-state index contributed by atoms with van der Waals surface area (Å²) in [7, 11) is 6.41. The van der Waals surface area contributed by atoms with Crippen LogP contribution in [0.3, 0.4) is 0 Å². The summed E-state index contributed by atoms with van der Waals surface area (Å²) in [6.45, 7) is 22.1. The predicted molar refractivity (Wildman–Crippen MR) is 484 cm³/mol. The maximum atomic E-state index is 15.1. The average Bonchev–Trinajstić information content (AvgIpc) is 1.55. The van der Waals surface area contributed by atoms with Gasteiger partial charge < -0.3 is 102 Å². The Kier molecular flexibility index (Phi) is 32.9. The molecule has 14 aliphatic rings. The van der Waals surface area contributed by atoms with E-state index in [4.69, 9.17) is 66.3 Å². The fourth-order valence-corrected chi connectivity index (χ4v) is 20.6. The van der Waals surface area contributed by atoms with Crippen molar-refractivity contribution in [2.45, 2.75) is 322 Å². The van der Waals surface area contributed by atoms with Gasteiger partial charge in [0.25, 0.3) is 0 Å². The third kappa shape index (κ3) is 24.4. The van der Waals surface area contributed by atoms with E-state index in [1.165, 1.54) is 9.80 Å². The molecule has 29 nitrogen and oxygen atoms in total. The smallest absolute Gasteiger partial charge is 0.410 e. The van der Waals surface area contributed by atoms with Gasteiger partial charge in [-0.1, -0.05) is 48.5 Å². The Morgan fingerprint density at radius 3 is 1.15 bits per heavy atom. The van der Waals surface area contributed by atoms with Crippen LogP contribution >= 0.6 is 0 Å². The molecule has 6 spiro atoms. The van der Waals surface area contributed by atoms with Crippen molar-refractivity contribution < 1.29 is 146 Å². The zero-order valence-corrected chi connectivity index (χ0v) is 81.3. The minimum absolute atomic E-state index is 0.00852. The van der Waals surface area contributed by atoms with Gasteiger partial charge >= 0.3 is 24.4 Å². The molecule has 14 fully saturated rings. The Balaban J connectivity index is 0.000000142. The Morgan fingerprint density at radius 1 is 0.445 bits per heavy atom. The lowest BCUT2D eigenvalue weighted by Gasteiger charge is -2.51. The van der Waals surface area contributed by atoms with Gasteiger partial charge in [0.15, 0.2) is 12.6 Å². The lowest BCUT2D eigenvalue weighted by atomic mass is 9.82. The van der Waals surface area contributed by atoms with Crippen molar-refractivity contribution in [2.75, 3.05) is 94.2 Å². The van der Waals surface area contributed by atoms with Crippen LogP contribution in [0, 0.1) is 35.5 Å². The van der Waals surface area contributed by atoms with E-state index >= 15 is 8.78 Å². The van der Waals surface area contributed by atoms with Crippen molar-refractivity contribution in [3.63, 3.8) is 0 Å². The number of hydrogen-bond acceptors (Lipinski definition) is 25. The first kappa shape index (κ1) is 106. The standard InChI is InChI=1S/C21H28FNO5.C21H30FNO5.C21H28FNO5.C21H29NO6.C8H12F3NO.C8H13F2NO/c1-20(2,3)28-19(24)23-11-16(22)17-15(21(23)9-10-21)12-26-18(27-17)13-5-7-14(25-4)8-6-13;2*1-20(2,3)28-19(25)23-11-17(22)18(16(12-24)21(23)9-10-21)27-13-14-5-7-15(26-4)8-6-14;1-20(2,3)28-19(24)22-11-16(23)17-15(21(22)9-10-21)12-26-18(27-17)13-5-7-14(25-4)8-6-13;9-4-3-12-8(1-2-8)5(6(4)13)7(10)11;9-3-5-7(12)6(10)4-11-8(5)1-2-8/h5-8,15-18H,9-12H2,1-4H3;5-8,16-18,24H,9-13H2,1-4H3;5-8,12,16-18H,9-11,13H2,1-4H3;5-8,15-18,23H,9-12H2,1-4H3;4-7,12-13H,1-3H2;5-7,11-12H,1-4H2/t15-,16-,17-,18?;2*16-,17-,18-;15-,16+,17-,18?;4-,5+,6+;5-,6-,7-/m111111/s1. The van der Waals surface area contributed by atoms with Crippen LogP contribution in [-0.2, 0) is 65.4 Å². The highest BCUT2D eigenvalue weighted by Gasteiger charge is 2.69. The molecule has 2 unspecified atom stereocenters. The minimum Gasteiger partial charge on any atom is -0.497 e. The summed E-state index contributed by atoms with van der Waals surface area (Å²) >= 11 is 0. The molecule has 4 aromatic carbocycles. The van der Waals surface area contributed by atoms with Gasteiger partial charge in [-0.05, 0) is 220 Å². The normalized spacial score (nSPS) is 31.4. The number of ether oxygens (including phenoxy) is 14. The van der Waals surface area contributed by atoms with Gasteiger partial charge in [-0.2, -0.15) is 0 Å². The number of benzene rings is 4. The van der Waals surface area contributed by atoms with E-state index in [1.807, 2.05) is 126 Å². The van der Waals surface area contributed by atoms with Crippen molar-refractivity contribution in [1.82, 2.24) is 30.2 Å². The van der Waals surface area contributed by atoms with E-state index in [0.29, 0.717) is 51.7 Å². The van der Waals surface area contributed by atoms with Crippen LogP contribution in [0.1, 0.15) is 195 Å². The summed E-state index contributed by atoms with van der Waals surface area (Å²) in [6.07, 6.45) is -8.98. The molecule has 0 bridgehead atoms. The van der Waals surface area contributed by atoms with Gasteiger partial charge in [0.2, 0.25) is 6.43 Å². The van der Waals surface area contributed by atoms with Crippen LogP contribution in [0.2, 0.25) is 0 Å². The Morgan fingerprint density at radius 2 is 0.788 bits per heavy atom. The monoisotopic (exact) mass is 1940 g/mol. The van der Waals surface area contributed by atoms with Gasteiger partial charge in [-0.3, -0.25) is 24.0 Å². The van der Waals surface area contributed by atoms with Crippen molar-refractivity contribution in [3.8, 4) is 23.0 Å². The number of β-amino-alcohol motifs (C(OH)–C–C–N with tert-alkyl or cyclic N) is 1. The molecular formula is C100H140F8N6O23. The summed E-state index contributed by atoms with van der Waals surface area (Å²) in [5, 5.41) is 45.2. The van der Waals surface area contributed by atoms with E-state index in [1.54, 1.807) is 91.9 Å². The second kappa shape index (κ2) is 42.5. The predicted octanol–water partition coefficient (Wildman–Crippen LogP) is 14.7. The lowest BCUT2D eigenvalue weighted by Crippen LogP contribution is -2.65. The molecule has 764 valence electrons. The van der Waals surface area contributed by atoms with E-state index in [9.17, 15) is 70.7 Å². The molecule has 0 aromatic heterocycles. The van der Waals surface area contributed by atoms with Gasteiger partial charge in [0.05, 0.1) is 159 Å². The largest absolute Gasteiger partial charge is 0.497 e. The number of fused-ring (bicyclic) bond motifs is 4. The number of aldehydes is 1. The Labute approximate surface area is 796 Å². The zero-order chi connectivity index (χ0) is 99.7. The number of aliphatic hydroxyl groups excluding tert-OH is 4. The number of nitrogens with one attached hydrogen (secondary N) is 2. The summed E-state index contributed by atoms with van der Waals surface area (Å²) < 4.78 is 187. The number of alkyl halides is 8. The zero-order valence-electron chi connectivity index (χ0n) is 81.3. The summed E-state index contributed by atoms with van der Waals surface area (Å²) in [5.41, 5.74) is -2.04. The van der Waals surface area contributed by atoms with E-state index in [0.717, 1.165) is 90.1 Å². The van der Waals surface area contributed by atoms with Gasteiger partial charge in [0, 0.05) is 59.0 Å². The number of carbonyl (C=O) groups is 5. The number of hydrogen-bond donors (Lipinski definition) is 6. The molecule has 6 N–H and O–H groups in total. The fourth-order valence-electron chi connectivity index (χ4n) is 20.6. The molecule has 0 radical (unpaired) electrons. The Bertz CT molecular complexity index is 4450. The third-order valence-electron chi connectivity index (χ3n) is 28.7. The molecule has 37 heteroatoms. The molecule has 6 saturated carbocycles. The second-order valence-corrected chi connectivity index (χ2v) is 42.6. The third-order valence-corrected chi connectivity index (χ3v) is 28.7. The average molecular weight is 1950 g/mol. The van der Waals surface area contributed by atoms with Gasteiger partial charge in [-0.25, -0.2) is 49.9 Å². The second-order valence-electron chi connectivity index (χ2n) is 42.6. The van der Waals surface area contributed by atoms with E-state index in [-0.39, 0.29) is 94.2 Å². The maximum absolute atomic E-state index is 15.1. The molecule has 4 aromatic rings. The van der Waals surface area contributed by atoms with Crippen molar-refractivity contribution in [1.29, 1.82) is 0 Å². The molecule has 8 saturated heterocycles. The first-order valence-corrected chi connectivity index (χ1v) is 47.6. The van der Waals surface area contributed by atoms with Crippen LogP contribution in [0.5, 0.6) is 23.0 Å². The van der Waals surface area contributed by atoms with Crippen molar-refractivity contribution in [3.05, 3.63) is 119 Å². The highest BCUT2D eigenvalue weighted by Crippen LogP contribution is 2.60. The molecular weight excluding hydrogens is 1810 g/mol. The summed E-state index contributed by atoms with van der Waals surface area (Å²) in [6, 6.07) is 29.6. The molecule has 8 aliphatic heterocycles. The number of carbonyl (C=O) groups excluding carboxylic acids is 5. The van der Waals surface area contributed by atoms with Crippen molar-refractivity contribution >= 4 is 30.7 Å². The number of halogens is 8. The van der Waals surface area contributed by atoms with Crippen LogP contribution in [0.15, 0.2) is 97.1 Å². The molecule has 8 heterocycles. The topological polar surface area (TPSA) is 333 Å². The molecule has 18 rings (SSSR count). The molecule has 4 amide bonds. The fraction of sp³-hybridized carbons (Fsp3) is 0.710. The van der Waals surface area contributed by atoms with Crippen LogP contribution in [0.25, 0.3) is 0 Å². The molecule has 6 aliphatic carbocycles. The van der Waals surface area contributed by atoms with Gasteiger partial charge in [0.1, 0.15) is 94.8 Å². The van der Waals surface area contributed by atoms with Crippen LogP contribution in [-0.4, -0.2) is 301 Å². The SMILES string of the molecule is COc1ccc(C2OC[C@@H]3[C@@H](O2)[C@@H](O)CN(C(=O)OC(C)(C)C)C32CC2)cc1.COc1ccc(C2OC[C@@H]3[C@@H](O2)[C@H](F)CN(C(=O)OC(C)(C)C)C32CC2)cc1.COc1ccc(CO[C@H]2[C@H](F)CN(C(=O)OC(C)(C)C)C3(CC3)[C@@H]2C=O)cc1.COc1ccc(CO[C@H]2[C@H](F)CN(C(=O)OC(C)(C)C)C3(CC3)[C@@H]2CO)cc1.O[C@H]1[C@H](F)CNC2(CC2)[C@@H]1C(F)F.O[C@H]1[C@H](F)CNC2(CC2)[C@@H]1CF. The lowest BCUT2D eigenvalue weighted by molar-refractivity contribution is -0.285. The number of nitrogens with zero attached hydrogens (tertiary/aromatic N) is 4. The van der Waals surface area contributed by atoms with E-state index in [2.05, 4.69) is 10.6 Å². The summed E-state index contributed by atoms with van der Waals surface area (Å²) in [5.74, 6) is -0.287. The number of piperidine rings is 6. The highest BCUT2D eigenvalue weighted by atomic mass is 19.3. The quantitative estimate of drug-likeness (QED) is 0.0345. The number of rotatable bonds is 16. The minimum atomic E-state index is -2.65. The van der Waals surface area contributed by atoms with Crippen LogP contribution < -0.4 is 29.6 Å². The first-order valence-electron chi connectivity index (χ1n) is 47.6. The first-order chi connectivity index (χ1) is 64.6. The van der Waals surface area contributed by atoms with Crippen molar-refractivity contribution in [2.24, 2.45) is 35.5 Å². The highest BCUT2D eigenvalue weighted by molar-refractivity contribution is 5.74. The maximum Gasteiger partial charge on any atom is 0.410 e. The van der Waals surface area contributed by atoms with Gasteiger partial charge in [-0.15, -0.1) is 0 Å².